The largest absolute Gasteiger partial charge is 0.497 e. The number of benzene rings is 1. The first-order valence-corrected chi connectivity index (χ1v) is 6.85. The highest BCUT2D eigenvalue weighted by Crippen LogP contribution is 2.15. The van der Waals surface area contributed by atoms with E-state index >= 15 is 0 Å². The fourth-order valence-corrected chi connectivity index (χ4v) is 1.89. The molecular formula is C15H21N3O2. The van der Waals surface area contributed by atoms with Gasteiger partial charge in [0, 0.05) is 19.0 Å². The topological polar surface area (TPSA) is 60.2 Å². The lowest BCUT2D eigenvalue weighted by Gasteiger charge is -2.04. The molecule has 0 bridgehead atoms. The summed E-state index contributed by atoms with van der Waals surface area (Å²) in [5, 5.41) is 11.5. The molecular weight excluding hydrogens is 254 g/mol. The Morgan fingerprint density at radius 3 is 2.80 bits per heavy atom. The molecule has 108 valence electrons. The molecule has 0 aliphatic rings. The van der Waals surface area contributed by atoms with Crippen LogP contribution in [-0.4, -0.2) is 29.9 Å². The van der Waals surface area contributed by atoms with E-state index < -0.39 is 0 Å². The zero-order chi connectivity index (χ0) is 14.4. The van der Waals surface area contributed by atoms with Crippen molar-refractivity contribution in [3.05, 3.63) is 41.6 Å². The molecule has 0 saturated carbocycles. The predicted molar refractivity (Wildman–Crippen MR) is 76.9 cm³/mol. The number of hydrogen-bond acceptors (Lipinski definition) is 5. The van der Waals surface area contributed by atoms with Crippen LogP contribution in [0.5, 0.6) is 5.75 Å². The van der Waals surface area contributed by atoms with Crippen molar-refractivity contribution < 1.29 is 9.15 Å². The second-order valence-corrected chi connectivity index (χ2v) is 4.98. The van der Waals surface area contributed by atoms with E-state index in [0.29, 0.717) is 24.2 Å². The molecule has 0 fully saturated rings. The Morgan fingerprint density at radius 1 is 1.25 bits per heavy atom. The zero-order valence-electron chi connectivity index (χ0n) is 12.2. The zero-order valence-corrected chi connectivity index (χ0v) is 12.2. The van der Waals surface area contributed by atoms with Crippen molar-refractivity contribution in [2.45, 2.75) is 32.7 Å². The van der Waals surface area contributed by atoms with E-state index in [1.165, 1.54) is 0 Å². The number of methoxy groups -OCH3 is 1. The fraction of sp³-hybridized carbons (Fsp3) is 0.467. The van der Waals surface area contributed by atoms with Gasteiger partial charge in [0.15, 0.2) is 0 Å². The van der Waals surface area contributed by atoms with E-state index in [1.807, 2.05) is 24.3 Å². The molecule has 0 aliphatic heterocycles. The van der Waals surface area contributed by atoms with Crippen LogP contribution in [0, 0.1) is 0 Å². The number of nitrogens with one attached hydrogen (secondary N) is 1. The summed E-state index contributed by atoms with van der Waals surface area (Å²) >= 11 is 0. The Morgan fingerprint density at radius 2 is 2.05 bits per heavy atom. The molecule has 0 unspecified atom stereocenters. The highest BCUT2D eigenvalue weighted by Gasteiger charge is 2.07. The lowest BCUT2D eigenvalue weighted by Crippen LogP contribution is -2.25. The van der Waals surface area contributed by atoms with E-state index in [1.54, 1.807) is 7.11 Å². The molecule has 2 rings (SSSR count). The standard InChI is InChI=1S/C15H21N3O2/c1-11(2)16-8-7-14-17-18-15(20-14)10-12-5-4-6-13(9-12)19-3/h4-6,9,11,16H,7-8,10H2,1-3H3. The summed E-state index contributed by atoms with van der Waals surface area (Å²) in [6.45, 7) is 5.07. The molecule has 1 heterocycles. The quantitative estimate of drug-likeness (QED) is 0.839. The van der Waals surface area contributed by atoms with Crippen LogP contribution in [-0.2, 0) is 12.8 Å². The molecule has 0 amide bonds. The maximum Gasteiger partial charge on any atom is 0.220 e. The van der Waals surface area contributed by atoms with Gasteiger partial charge in [-0.2, -0.15) is 0 Å². The predicted octanol–water partition coefficient (Wildman–Crippen LogP) is 2.21. The van der Waals surface area contributed by atoms with Gasteiger partial charge in [-0.1, -0.05) is 26.0 Å². The van der Waals surface area contributed by atoms with Crippen LogP contribution in [0.1, 0.15) is 31.2 Å². The van der Waals surface area contributed by atoms with Gasteiger partial charge in [0.2, 0.25) is 11.8 Å². The first-order valence-electron chi connectivity index (χ1n) is 6.85. The first-order chi connectivity index (χ1) is 9.67. The van der Waals surface area contributed by atoms with Crippen LogP contribution in [0.25, 0.3) is 0 Å². The van der Waals surface area contributed by atoms with Gasteiger partial charge in [-0.3, -0.25) is 0 Å². The van der Waals surface area contributed by atoms with Crippen molar-refractivity contribution in [1.29, 1.82) is 0 Å². The van der Waals surface area contributed by atoms with Crippen LogP contribution in [0.2, 0.25) is 0 Å². The highest BCUT2D eigenvalue weighted by molar-refractivity contribution is 5.29. The lowest BCUT2D eigenvalue weighted by molar-refractivity contribution is 0.414. The van der Waals surface area contributed by atoms with Gasteiger partial charge in [0.25, 0.3) is 0 Å². The Hall–Kier alpha value is -1.88. The minimum Gasteiger partial charge on any atom is -0.497 e. The first kappa shape index (κ1) is 14.5. The summed E-state index contributed by atoms with van der Waals surface area (Å²) < 4.78 is 10.8. The van der Waals surface area contributed by atoms with Crippen molar-refractivity contribution in [3.8, 4) is 5.75 Å². The molecule has 1 aromatic heterocycles. The van der Waals surface area contributed by atoms with Crippen molar-refractivity contribution >= 4 is 0 Å². The minimum atomic E-state index is 0.467. The van der Waals surface area contributed by atoms with Gasteiger partial charge in [0.1, 0.15) is 5.75 Å². The maximum absolute atomic E-state index is 5.64. The molecule has 0 atom stereocenters. The minimum absolute atomic E-state index is 0.467. The van der Waals surface area contributed by atoms with E-state index in [0.717, 1.165) is 24.3 Å². The second kappa shape index (κ2) is 7.05. The fourth-order valence-electron chi connectivity index (χ4n) is 1.89. The van der Waals surface area contributed by atoms with E-state index in [9.17, 15) is 0 Å². The average molecular weight is 275 g/mol. The molecule has 0 radical (unpaired) electrons. The van der Waals surface area contributed by atoms with E-state index in [4.69, 9.17) is 9.15 Å². The summed E-state index contributed by atoms with van der Waals surface area (Å²) in [6, 6.07) is 8.34. The summed E-state index contributed by atoms with van der Waals surface area (Å²) in [4.78, 5) is 0. The summed E-state index contributed by atoms with van der Waals surface area (Å²) in [5.74, 6) is 2.15. The van der Waals surface area contributed by atoms with Crippen LogP contribution in [0.3, 0.4) is 0 Å². The van der Waals surface area contributed by atoms with Gasteiger partial charge >= 0.3 is 0 Å². The number of aromatic nitrogens is 2. The monoisotopic (exact) mass is 275 g/mol. The normalized spacial score (nSPS) is 11.0. The molecule has 1 aromatic carbocycles. The SMILES string of the molecule is COc1cccc(Cc2nnc(CCNC(C)C)o2)c1. The van der Waals surface area contributed by atoms with Crippen LogP contribution >= 0.6 is 0 Å². The Bertz CT molecular complexity index is 537. The Labute approximate surface area is 119 Å². The van der Waals surface area contributed by atoms with Crippen molar-refractivity contribution in [1.82, 2.24) is 15.5 Å². The maximum atomic E-state index is 5.64. The summed E-state index contributed by atoms with van der Waals surface area (Å²) in [6.07, 6.45) is 1.38. The molecule has 0 spiro atoms. The van der Waals surface area contributed by atoms with Crippen molar-refractivity contribution in [2.24, 2.45) is 0 Å². The van der Waals surface area contributed by atoms with E-state index in [-0.39, 0.29) is 0 Å². The summed E-state index contributed by atoms with van der Waals surface area (Å²) in [5.41, 5.74) is 1.10. The van der Waals surface area contributed by atoms with Gasteiger partial charge in [0.05, 0.1) is 13.5 Å². The number of nitrogens with zero attached hydrogens (tertiary/aromatic N) is 2. The van der Waals surface area contributed by atoms with Crippen LogP contribution < -0.4 is 10.1 Å². The molecule has 0 aliphatic carbocycles. The van der Waals surface area contributed by atoms with E-state index in [2.05, 4.69) is 29.4 Å². The van der Waals surface area contributed by atoms with Gasteiger partial charge < -0.3 is 14.5 Å². The smallest absolute Gasteiger partial charge is 0.220 e. The number of ether oxygens (including phenoxy) is 1. The van der Waals surface area contributed by atoms with Gasteiger partial charge in [-0.25, -0.2) is 0 Å². The lowest BCUT2D eigenvalue weighted by atomic mass is 10.1. The summed E-state index contributed by atoms with van der Waals surface area (Å²) in [7, 11) is 1.66. The average Bonchev–Trinajstić information content (AvgIpc) is 2.86. The molecule has 5 nitrogen and oxygen atoms in total. The molecule has 0 saturated heterocycles. The third-order valence-electron chi connectivity index (χ3n) is 2.89. The third kappa shape index (κ3) is 4.35. The Balaban J connectivity index is 1.91. The van der Waals surface area contributed by atoms with Gasteiger partial charge in [-0.15, -0.1) is 10.2 Å². The van der Waals surface area contributed by atoms with Crippen LogP contribution in [0.15, 0.2) is 28.7 Å². The van der Waals surface area contributed by atoms with Crippen molar-refractivity contribution in [3.63, 3.8) is 0 Å². The molecule has 1 N–H and O–H groups in total. The Kier molecular flexibility index (Phi) is 5.12. The van der Waals surface area contributed by atoms with Crippen LogP contribution in [0.4, 0.5) is 0 Å². The van der Waals surface area contributed by atoms with Crippen molar-refractivity contribution in [2.75, 3.05) is 13.7 Å². The molecule has 20 heavy (non-hydrogen) atoms. The third-order valence-corrected chi connectivity index (χ3v) is 2.89. The van der Waals surface area contributed by atoms with Gasteiger partial charge in [-0.05, 0) is 17.7 Å². The molecule has 5 heteroatoms. The highest BCUT2D eigenvalue weighted by atomic mass is 16.5. The number of rotatable bonds is 7. The second-order valence-electron chi connectivity index (χ2n) is 4.98. The molecule has 2 aromatic rings. The number of hydrogen-bond donors (Lipinski definition) is 1.